The van der Waals surface area contributed by atoms with E-state index in [0.717, 1.165) is 38.0 Å². The molecule has 1 aromatic heterocycles. The van der Waals surface area contributed by atoms with Crippen LogP contribution in [-0.2, 0) is 0 Å². The Morgan fingerprint density at radius 3 is 2.76 bits per heavy atom. The molecule has 21 heavy (non-hydrogen) atoms. The minimum Gasteiger partial charge on any atom is -0.360 e. The molecule has 1 aromatic rings. The lowest BCUT2D eigenvalue weighted by molar-refractivity contribution is 0.0932. The van der Waals surface area contributed by atoms with Crippen LogP contribution < -0.4 is 10.2 Å². The van der Waals surface area contributed by atoms with E-state index in [-0.39, 0.29) is 5.91 Å². The summed E-state index contributed by atoms with van der Waals surface area (Å²) in [5.41, 5.74) is 0.479. The van der Waals surface area contributed by atoms with E-state index in [0.29, 0.717) is 17.6 Å². The van der Waals surface area contributed by atoms with Crippen molar-refractivity contribution in [3.63, 3.8) is 0 Å². The van der Waals surface area contributed by atoms with Crippen molar-refractivity contribution in [2.75, 3.05) is 18.5 Å². The van der Waals surface area contributed by atoms with Gasteiger partial charge in [-0.15, -0.1) is 0 Å². The molecular weight excluding hydrogens is 264 g/mol. The van der Waals surface area contributed by atoms with Crippen molar-refractivity contribution in [3.8, 4) is 0 Å². The van der Waals surface area contributed by atoms with Gasteiger partial charge in [0.05, 0.1) is 0 Å². The lowest BCUT2D eigenvalue weighted by atomic mass is 10.2. The first kappa shape index (κ1) is 15.7. The lowest BCUT2D eigenvalue weighted by Crippen LogP contribution is -2.33. The first-order valence-electron chi connectivity index (χ1n) is 7.98. The molecule has 0 aliphatic heterocycles. The number of unbranched alkanes of at least 4 members (excludes halogenated alkanes) is 1. The Morgan fingerprint density at radius 2 is 2.10 bits per heavy atom. The topological polar surface area (TPSA) is 58.1 Å². The maximum Gasteiger partial charge on any atom is 0.270 e. The molecule has 116 valence electrons. The molecule has 5 heteroatoms. The zero-order valence-electron chi connectivity index (χ0n) is 13.4. The summed E-state index contributed by atoms with van der Waals surface area (Å²) in [5.74, 6) is 1.40. The average molecular weight is 290 g/mol. The van der Waals surface area contributed by atoms with Gasteiger partial charge < -0.3 is 10.2 Å². The summed E-state index contributed by atoms with van der Waals surface area (Å²) in [7, 11) is 2.01. The highest BCUT2D eigenvalue weighted by Crippen LogP contribution is 2.18. The maximum absolute atomic E-state index is 12.3. The van der Waals surface area contributed by atoms with E-state index < -0.39 is 0 Å². The number of hydrogen-bond donors (Lipinski definition) is 1. The Hall–Kier alpha value is -1.65. The van der Waals surface area contributed by atoms with Crippen LogP contribution in [0, 0.1) is 6.92 Å². The average Bonchev–Trinajstić information content (AvgIpc) is 2.96. The fourth-order valence-electron chi connectivity index (χ4n) is 2.70. The molecule has 0 unspecified atom stereocenters. The third-order valence-electron chi connectivity index (χ3n) is 3.99. The van der Waals surface area contributed by atoms with Gasteiger partial charge in [0.15, 0.2) is 0 Å². The number of carbonyl (C=O) groups is 1. The molecule has 1 aliphatic rings. The zero-order chi connectivity index (χ0) is 15.2. The van der Waals surface area contributed by atoms with Crippen molar-refractivity contribution >= 4 is 11.7 Å². The standard InChI is InChI=1S/C16H26N4O/c1-4-5-10-20(3)15-11-14(17-12(2)18-15)16(21)19-13-8-6-7-9-13/h11,13H,4-10H2,1-3H3,(H,19,21). The molecule has 1 amide bonds. The molecule has 5 nitrogen and oxygen atoms in total. The van der Waals surface area contributed by atoms with Crippen molar-refractivity contribution in [2.24, 2.45) is 0 Å². The number of amides is 1. The molecule has 2 rings (SSSR count). The predicted molar refractivity (Wildman–Crippen MR) is 84.7 cm³/mol. The lowest BCUT2D eigenvalue weighted by Gasteiger charge is -2.19. The molecule has 1 heterocycles. The smallest absolute Gasteiger partial charge is 0.270 e. The van der Waals surface area contributed by atoms with Crippen LogP contribution in [0.15, 0.2) is 6.07 Å². The summed E-state index contributed by atoms with van der Waals surface area (Å²) in [4.78, 5) is 23.1. The Balaban J connectivity index is 2.08. The monoisotopic (exact) mass is 290 g/mol. The van der Waals surface area contributed by atoms with Crippen molar-refractivity contribution in [3.05, 3.63) is 17.6 Å². The van der Waals surface area contributed by atoms with Crippen LogP contribution in [-0.4, -0.2) is 35.5 Å². The van der Waals surface area contributed by atoms with Gasteiger partial charge in [0, 0.05) is 25.7 Å². The summed E-state index contributed by atoms with van der Waals surface area (Å²) in [6.45, 7) is 4.94. The Labute approximate surface area is 127 Å². The molecule has 0 spiro atoms. The largest absolute Gasteiger partial charge is 0.360 e. The second-order valence-corrected chi connectivity index (χ2v) is 5.89. The molecule has 1 N–H and O–H groups in total. The van der Waals surface area contributed by atoms with E-state index in [9.17, 15) is 4.79 Å². The molecule has 0 saturated heterocycles. The number of nitrogens with one attached hydrogen (secondary N) is 1. The van der Waals surface area contributed by atoms with Gasteiger partial charge in [-0.3, -0.25) is 4.79 Å². The number of hydrogen-bond acceptors (Lipinski definition) is 4. The van der Waals surface area contributed by atoms with E-state index >= 15 is 0 Å². The highest BCUT2D eigenvalue weighted by Gasteiger charge is 2.19. The van der Waals surface area contributed by atoms with Crippen LogP contribution in [0.1, 0.15) is 61.8 Å². The van der Waals surface area contributed by atoms with Gasteiger partial charge in [-0.25, -0.2) is 9.97 Å². The first-order chi connectivity index (χ1) is 10.1. The number of anilines is 1. The van der Waals surface area contributed by atoms with Crippen LogP contribution in [0.25, 0.3) is 0 Å². The van der Waals surface area contributed by atoms with Crippen molar-refractivity contribution < 1.29 is 4.79 Å². The van der Waals surface area contributed by atoms with Gasteiger partial charge in [0.2, 0.25) is 0 Å². The SMILES string of the molecule is CCCCN(C)c1cc(C(=O)NC2CCCC2)nc(C)n1. The van der Waals surface area contributed by atoms with E-state index in [1.807, 2.05) is 14.0 Å². The van der Waals surface area contributed by atoms with Gasteiger partial charge in [-0.1, -0.05) is 26.2 Å². The number of aryl methyl sites for hydroxylation is 1. The summed E-state index contributed by atoms with van der Waals surface area (Å²) in [5, 5.41) is 3.08. The van der Waals surface area contributed by atoms with Gasteiger partial charge in [0.25, 0.3) is 5.91 Å². The van der Waals surface area contributed by atoms with Crippen LogP contribution in [0.4, 0.5) is 5.82 Å². The fourth-order valence-corrected chi connectivity index (χ4v) is 2.70. The van der Waals surface area contributed by atoms with E-state index in [1.54, 1.807) is 6.07 Å². The number of rotatable bonds is 6. The maximum atomic E-state index is 12.3. The molecule has 0 atom stereocenters. The highest BCUT2D eigenvalue weighted by atomic mass is 16.1. The quantitative estimate of drug-likeness (QED) is 0.875. The second kappa shape index (κ2) is 7.38. The molecular formula is C16H26N4O. The van der Waals surface area contributed by atoms with E-state index in [4.69, 9.17) is 0 Å². The number of nitrogens with zero attached hydrogens (tertiary/aromatic N) is 3. The Kier molecular flexibility index (Phi) is 5.53. The van der Waals surface area contributed by atoms with Crippen LogP contribution in [0.5, 0.6) is 0 Å². The third kappa shape index (κ3) is 4.41. The zero-order valence-corrected chi connectivity index (χ0v) is 13.4. The predicted octanol–water partition coefficient (Wildman–Crippen LogP) is 2.69. The van der Waals surface area contributed by atoms with Crippen molar-refractivity contribution in [1.82, 2.24) is 15.3 Å². The fraction of sp³-hybridized carbons (Fsp3) is 0.688. The van der Waals surface area contributed by atoms with Gasteiger partial charge in [-0.2, -0.15) is 0 Å². The summed E-state index contributed by atoms with van der Waals surface area (Å²) >= 11 is 0. The summed E-state index contributed by atoms with van der Waals surface area (Å²) in [6, 6.07) is 2.11. The van der Waals surface area contributed by atoms with Crippen LogP contribution in [0.2, 0.25) is 0 Å². The Morgan fingerprint density at radius 1 is 1.38 bits per heavy atom. The molecule has 0 radical (unpaired) electrons. The van der Waals surface area contributed by atoms with Crippen LogP contribution in [0.3, 0.4) is 0 Å². The van der Waals surface area contributed by atoms with Crippen molar-refractivity contribution in [2.45, 2.75) is 58.4 Å². The normalized spacial score (nSPS) is 15.2. The molecule has 0 aromatic carbocycles. The van der Waals surface area contributed by atoms with E-state index in [1.165, 1.54) is 12.8 Å². The number of aromatic nitrogens is 2. The van der Waals surface area contributed by atoms with Gasteiger partial charge >= 0.3 is 0 Å². The molecule has 0 bridgehead atoms. The van der Waals surface area contributed by atoms with Gasteiger partial charge in [0.1, 0.15) is 17.3 Å². The highest BCUT2D eigenvalue weighted by molar-refractivity contribution is 5.93. The van der Waals surface area contributed by atoms with Gasteiger partial charge in [-0.05, 0) is 26.2 Å². The Bertz CT molecular complexity index is 483. The first-order valence-corrected chi connectivity index (χ1v) is 7.98. The molecule has 1 aliphatic carbocycles. The third-order valence-corrected chi connectivity index (χ3v) is 3.99. The molecule has 1 saturated carbocycles. The molecule has 1 fully saturated rings. The minimum atomic E-state index is -0.0717. The van der Waals surface area contributed by atoms with Crippen molar-refractivity contribution in [1.29, 1.82) is 0 Å². The van der Waals surface area contributed by atoms with E-state index in [2.05, 4.69) is 27.1 Å². The number of carbonyl (C=O) groups excluding carboxylic acids is 1. The van der Waals surface area contributed by atoms with Crippen LogP contribution >= 0.6 is 0 Å². The summed E-state index contributed by atoms with van der Waals surface area (Å²) in [6.07, 6.45) is 6.84. The summed E-state index contributed by atoms with van der Waals surface area (Å²) < 4.78 is 0. The second-order valence-electron chi connectivity index (χ2n) is 5.89. The minimum absolute atomic E-state index is 0.0717.